The molecule has 1 aromatic rings. The van der Waals surface area contributed by atoms with Crippen LogP contribution >= 0.6 is 23.1 Å². The summed E-state index contributed by atoms with van der Waals surface area (Å²) in [5.74, 6) is 1.28. The second-order valence-corrected chi connectivity index (χ2v) is 6.08. The van der Waals surface area contributed by atoms with Gasteiger partial charge in [0.25, 0.3) is 0 Å². The van der Waals surface area contributed by atoms with Gasteiger partial charge >= 0.3 is 0 Å². The molecule has 1 N–H and O–H groups in total. The van der Waals surface area contributed by atoms with Gasteiger partial charge in [-0.3, -0.25) is 0 Å². The van der Waals surface area contributed by atoms with E-state index >= 15 is 0 Å². The maximum atomic E-state index is 4.32. The van der Waals surface area contributed by atoms with Gasteiger partial charge in [-0.2, -0.15) is 11.8 Å². The van der Waals surface area contributed by atoms with Crippen LogP contribution in [-0.4, -0.2) is 23.0 Å². The third-order valence-corrected chi connectivity index (χ3v) is 5.40. The Morgan fingerprint density at radius 2 is 2.40 bits per heavy atom. The van der Waals surface area contributed by atoms with E-state index in [1.807, 2.05) is 18.8 Å². The number of thioether (sulfide) groups is 1. The van der Waals surface area contributed by atoms with E-state index in [1.165, 1.54) is 23.6 Å². The highest BCUT2D eigenvalue weighted by Gasteiger charge is 2.23. The van der Waals surface area contributed by atoms with Gasteiger partial charge in [0.15, 0.2) is 0 Å². The van der Waals surface area contributed by atoms with Crippen molar-refractivity contribution in [2.24, 2.45) is 0 Å². The van der Waals surface area contributed by atoms with Crippen LogP contribution in [0.3, 0.4) is 0 Å². The normalized spacial score (nSPS) is 23.2. The molecule has 2 atom stereocenters. The third-order valence-electron chi connectivity index (χ3n) is 2.72. The molecule has 1 aliphatic heterocycles. The van der Waals surface area contributed by atoms with Crippen molar-refractivity contribution in [1.29, 1.82) is 0 Å². The first kappa shape index (κ1) is 11.4. The lowest BCUT2D eigenvalue weighted by atomic mass is 10.2. The number of hydrogen-bond acceptors (Lipinski definition) is 5. The predicted octanol–water partition coefficient (Wildman–Crippen LogP) is 2.78. The van der Waals surface area contributed by atoms with Crippen LogP contribution in [0.2, 0.25) is 0 Å². The number of nitrogens with one attached hydrogen (secondary N) is 1. The second-order valence-electron chi connectivity index (χ2n) is 3.73. The minimum absolute atomic E-state index is 0.377. The lowest BCUT2D eigenvalue weighted by Gasteiger charge is -2.08. The zero-order valence-electron chi connectivity index (χ0n) is 9.19. The van der Waals surface area contributed by atoms with Crippen molar-refractivity contribution >= 4 is 23.1 Å². The predicted molar refractivity (Wildman–Crippen MR) is 66.4 cm³/mol. The number of nitrogens with zero attached hydrogens (tertiary/aromatic N) is 2. The fraction of sp³-hybridized carbons (Fsp3) is 0.800. The smallest absolute Gasteiger partial charge is 0.134 e. The van der Waals surface area contributed by atoms with Gasteiger partial charge in [-0.1, -0.05) is 18.3 Å². The van der Waals surface area contributed by atoms with Crippen molar-refractivity contribution in [3.63, 3.8) is 0 Å². The van der Waals surface area contributed by atoms with Gasteiger partial charge in [-0.05, 0) is 32.1 Å². The fourth-order valence-corrected chi connectivity index (χ4v) is 4.34. The molecule has 0 aliphatic carbocycles. The first-order valence-electron chi connectivity index (χ1n) is 5.47. The lowest BCUT2D eigenvalue weighted by molar-refractivity contribution is 0.568. The maximum absolute atomic E-state index is 4.32. The number of hydrogen-bond donors (Lipinski definition) is 1. The summed E-state index contributed by atoms with van der Waals surface area (Å²) in [6, 6.07) is 0.377. The van der Waals surface area contributed by atoms with E-state index in [2.05, 4.69) is 22.4 Å². The molecule has 0 spiro atoms. The minimum Gasteiger partial charge on any atom is -0.311 e. The van der Waals surface area contributed by atoms with E-state index in [-0.39, 0.29) is 0 Å². The topological polar surface area (TPSA) is 37.8 Å². The minimum atomic E-state index is 0.377. The van der Waals surface area contributed by atoms with E-state index in [9.17, 15) is 0 Å². The Balaban J connectivity index is 2.08. The van der Waals surface area contributed by atoms with Crippen LogP contribution in [0.4, 0.5) is 0 Å². The number of aromatic nitrogens is 2. The first-order chi connectivity index (χ1) is 7.35. The molecule has 0 saturated carbocycles. The van der Waals surface area contributed by atoms with Gasteiger partial charge in [0.2, 0.25) is 0 Å². The third kappa shape index (κ3) is 2.52. The van der Waals surface area contributed by atoms with Crippen LogP contribution in [0.15, 0.2) is 0 Å². The molecule has 15 heavy (non-hydrogen) atoms. The highest BCUT2D eigenvalue weighted by atomic mass is 32.2. The van der Waals surface area contributed by atoms with Crippen molar-refractivity contribution in [3.05, 3.63) is 10.0 Å². The molecule has 1 aliphatic rings. The molecule has 3 nitrogen and oxygen atoms in total. The van der Waals surface area contributed by atoms with E-state index in [4.69, 9.17) is 0 Å². The lowest BCUT2D eigenvalue weighted by Crippen LogP contribution is -2.14. The summed E-state index contributed by atoms with van der Waals surface area (Å²) >= 11 is 3.81. The van der Waals surface area contributed by atoms with Crippen LogP contribution in [0.5, 0.6) is 0 Å². The first-order valence-corrected chi connectivity index (χ1v) is 7.33. The van der Waals surface area contributed by atoms with Crippen molar-refractivity contribution in [3.8, 4) is 0 Å². The Morgan fingerprint density at radius 1 is 1.53 bits per heavy atom. The Morgan fingerprint density at radius 3 is 3.00 bits per heavy atom. The molecule has 0 aromatic carbocycles. The summed E-state index contributed by atoms with van der Waals surface area (Å²) < 4.78 is 0. The molecule has 0 radical (unpaired) electrons. The largest absolute Gasteiger partial charge is 0.311 e. The quantitative estimate of drug-likeness (QED) is 0.882. The summed E-state index contributed by atoms with van der Waals surface area (Å²) in [4.78, 5) is 0. The molecule has 0 amide bonds. The molecular weight excluding hydrogens is 226 g/mol. The van der Waals surface area contributed by atoms with Gasteiger partial charge in [0.1, 0.15) is 10.0 Å². The standard InChI is InChI=1S/C10H17N3S2/c1-3-7(11-2)9-12-13-10(15-9)8-5-4-6-14-8/h7-8,11H,3-6H2,1-2H3. The molecule has 2 rings (SSSR count). The average molecular weight is 243 g/mol. The van der Waals surface area contributed by atoms with Gasteiger partial charge < -0.3 is 5.32 Å². The van der Waals surface area contributed by atoms with E-state index in [1.54, 1.807) is 11.3 Å². The Bertz CT molecular complexity index is 287. The molecule has 1 saturated heterocycles. The SMILES string of the molecule is CCC(NC)c1nnc(C2CCCS2)s1. The fourth-order valence-electron chi connectivity index (χ4n) is 1.79. The molecule has 5 heteroatoms. The molecule has 84 valence electrons. The van der Waals surface area contributed by atoms with Crippen molar-refractivity contribution in [2.75, 3.05) is 12.8 Å². The van der Waals surface area contributed by atoms with E-state index < -0.39 is 0 Å². The van der Waals surface area contributed by atoms with Crippen LogP contribution in [-0.2, 0) is 0 Å². The van der Waals surface area contributed by atoms with Gasteiger partial charge in [0.05, 0.1) is 11.3 Å². The molecular formula is C10H17N3S2. The average Bonchev–Trinajstić information content (AvgIpc) is 2.89. The van der Waals surface area contributed by atoms with Crippen LogP contribution in [0.25, 0.3) is 0 Å². The number of rotatable bonds is 4. The van der Waals surface area contributed by atoms with Crippen molar-refractivity contribution < 1.29 is 0 Å². The second kappa shape index (κ2) is 5.27. The summed E-state index contributed by atoms with van der Waals surface area (Å²) in [7, 11) is 1.99. The monoisotopic (exact) mass is 243 g/mol. The molecule has 1 fully saturated rings. The summed E-state index contributed by atoms with van der Waals surface area (Å²) in [6.07, 6.45) is 3.67. The highest BCUT2D eigenvalue weighted by Crippen LogP contribution is 2.41. The van der Waals surface area contributed by atoms with Gasteiger partial charge in [-0.15, -0.1) is 10.2 Å². The van der Waals surface area contributed by atoms with Gasteiger partial charge in [0, 0.05) is 0 Å². The zero-order valence-corrected chi connectivity index (χ0v) is 10.8. The summed E-state index contributed by atoms with van der Waals surface area (Å²) in [5, 5.41) is 14.9. The van der Waals surface area contributed by atoms with E-state index in [0.717, 1.165) is 11.4 Å². The molecule has 1 aromatic heterocycles. The summed E-state index contributed by atoms with van der Waals surface area (Å²) in [5.41, 5.74) is 0. The van der Waals surface area contributed by atoms with Crippen LogP contribution in [0.1, 0.15) is 47.5 Å². The Hall–Kier alpha value is -0.130. The van der Waals surface area contributed by atoms with Crippen LogP contribution < -0.4 is 5.32 Å². The Labute approximate surface area is 99.1 Å². The molecule has 2 heterocycles. The molecule has 2 unspecified atom stereocenters. The zero-order chi connectivity index (χ0) is 10.7. The summed E-state index contributed by atoms with van der Waals surface area (Å²) in [6.45, 7) is 2.17. The highest BCUT2D eigenvalue weighted by molar-refractivity contribution is 7.99. The van der Waals surface area contributed by atoms with Crippen molar-refractivity contribution in [1.82, 2.24) is 15.5 Å². The van der Waals surface area contributed by atoms with E-state index in [0.29, 0.717) is 11.3 Å². The Kier molecular flexibility index (Phi) is 3.99. The van der Waals surface area contributed by atoms with Gasteiger partial charge in [-0.25, -0.2) is 0 Å². The van der Waals surface area contributed by atoms with Crippen molar-refractivity contribution in [2.45, 2.75) is 37.5 Å². The van der Waals surface area contributed by atoms with Crippen LogP contribution in [0, 0.1) is 0 Å². The maximum Gasteiger partial charge on any atom is 0.134 e. The molecule has 0 bridgehead atoms.